The molecule has 28 heavy (non-hydrogen) atoms. The molecule has 0 atom stereocenters. The molecular weight excluding hydrogens is 382 g/mol. The second-order valence-corrected chi connectivity index (χ2v) is 6.11. The van der Waals surface area contributed by atoms with Gasteiger partial charge in [-0.25, -0.2) is 10.2 Å². The molecule has 8 heteroatoms. The van der Waals surface area contributed by atoms with Gasteiger partial charge in [0.15, 0.2) is 0 Å². The third kappa shape index (κ3) is 4.21. The Hall–Kier alpha value is -3.58. The minimum atomic E-state index is -0.508. The first-order valence-electron chi connectivity index (χ1n) is 8.15. The predicted molar refractivity (Wildman–Crippen MR) is 106 cm³/mol. The van der Waals surface area contributed by atoms with E-state index in [9.17, 15) is 9.59 Å². The number of nitrogens with one attached hydrogen (secondary N) is 1. The Morgan fingerprint density at radius 1 is 1.14 bits per heavy atom. The zero-order valence-corrected chi connectivity index (χ0v) is 15.6. The Morgan fingerprint density at radius 3 is 2.68 bits per heavy atom. The summed E-state index contributed by atoms with van der Waals surface area (Å²) in [5.41, 5.74) is 9.61. The van der Waals surface area contributed by atoms with E-state index in [0.29, 0.717) is 38.9 Å². The Morgan fingerprint density at radius 2 is 1.93 bits per heavy atom. The van der Waals surface area contributed by atoms with Crippen molar-refractivity contribution in [3.05, 3.63) is 76.5 Å². The molecule has 0 unspecified atom stereocenters. The molecule has 0 aliphatic heterocycles. The number of nitrogens with zero attached hydrogens (tertiary/aromatic N) is 1. The molecule has 0 aliphatic carbocycles. The molecular formula is C20H16ClN3O4. The van der Waals surface area contributed by atoms with Crippen LogP contribution in [0.3, 0.4) is 0 Å². The molecule has 3 N–H and O–H groups in total. The van der Waals surface area contributed by atoms with Crippen molar-refractivity contribution in [2.75, 3.05) is 12.8 Å². The van der Waals surface area contributed by atoms with Crippen LogP contribution < -0.4 is 11.2 Å². The summed E-state index contributed by atoms with van der Waals surface area (Å²) in [5.74, 6) is -0.176. The minimum absolute atomic E-state index is 0.317. The number of rotatable bonds is 5. The van der Waals surface area contributed by atoms with Crippen molar-refractivity contribution < 1.29 is 18.7 Å². The van der Waals surface area contributed by atoms with Crippen molar-refractivity contribution in [3.63, 3.8) is 0 Å². The first-order valence-corrected chi connectivity index (χ1v) is 8.53. The highest BCUT2D eigenvalue weighted by Crippen LogP contribution is 2.29. The average Bonchev–Trinajstić information content (AvgIpc) is 3.16. The Labute approximate surface area is 165 Å². The van der Waals surface area contributed by atoms with Crippen LogP contribution in [0.2, 0.25) is 5.02 Å². The monoisotopic (exact) mass is 397 g/mol. The van der Waals surface area contributed by atoms with E-state index >= 15 is 0 Å². The maximum Gasteiger partial charge on any atom is 0.338 e. The van der Waals surface area contributed by atoms with Crippen LogP contribution in [0.4, 0.5) is 5.69 Å². The van der Waals surface area contributed by atoms with Gasteiger partial charge < -0.3 is 14.9 Å². The summed E-state index contributed by atoms with van der Waals surface area (Å²) < 4.78 is 10.5. The summed E-state index contributed by atoms with van der Waals surface area (Å²) >= 11 is 6.03. The highest BCUT2D eigenvalue weighted by atomic mass is 35.5. The summed E-state index contributed by atoms with van der Waals surface area (Å²) in [7, 11) is 1.29. The quantitative estimate of drug-likeness (QED) is 0.295. The van der Waals surface area contributed by atoms with Crippen molar-refractivity contribution in [2.24, 2.45) is 5.10 Å². The van der Waals surface area contributed by atoms with E-state index in [0.717, 1.165) is 0 Å². The van der Waals surface area contributed by atoms with Crippen molar-refractivity contribution in [1.29, 1.82) is 0 Å². The van der Waals surface area contributed by atoms with Gasteiger partial charge in [-0.1, -0.05) is 23.7 Å². The standard InChI is InChI=1S/C20H16ClN3O4/c1-27-20(26)14-8-6-12(21)10-16(14)18-9-7-13(28-18)11-23-24-19(25)15-4-2-3-5-17(15)22/h2-11H,22H2,1H3,(H,24,25)/b23-11-. The molecule has 0 saturated heterocycles. The number of methoxy groups -OCH3 is 1. The third-order valence-corrected chi connectivity index (χ3v) is 4.08. The second kappa shape index (κ2) is 8.41. The van der Waals surface area contributed by atoms with Crippen LogP contribution in [0.1, 0.15) is 26.5 Å². The largest absolute Gasteiger partial charge is 0.465 e. The number of nitrogen functional groups attached to an aromatic ring is 1. The van der Waals surface area contributed by atoms with Crippen LogP contribution in [-0.2, 0) is 4.74 Å². The predicted octanol–water partition coefficient (Wildman–Crippen LogP) is 3.73. The third-order valence-electron chi connectivity index (χ3n) is 3.84. The number of hydrogen-bond donors (Lipinski definition) is 2. The molecule has 142 valence electrons. The number of esters is 1. The molecule has 2 aromatic carbocycles. The number of carbonyl (C=O) groups excluding carboxylic acids is 2. The minimum Gasteiger partial charge on any atom is -0.465 e. The molecule has 7 nitrogen and oxygen atoms in total. The number of halogens is 1. The maximum absolute atomic E-state index is 12.1. The number of para-hydroxylation sites is 1. The van der Waals surface area contributed by atoms with Crippen LogP contribution in [0.25, 0.3) is 11.3 Å². The molecule has 0 radical (unpaired) electrons. The van der Waals surface area contributed by atoms with Crippen molar-refractivity contribution >= 4 is 35.4 Å². The number of benzene rings is 2. The molecule has 0 aliphatic rings. The fourth-order valence-corrected chi connectivity index (χ4v) is 2.67. The number of ether oxygens (including phenoxy) is 1. The number of hydrogen-bond acceptors (Lipinski definition) is 6. The first-order chi connectivity index (χ1) is 13.5. The van der Waals surface area contributed by atoms with E-state index in [2.05, 4.69) is 10.5 Å². The summed E-state index contributed by atoms with van der Waals surface area (Å²) in [6.45, 7) is 0. The van der Waals surface area contributed by atoms with Crippen LogP contribution in [0.5, 0.6) is 0 Å². The number of furan rings is 1. The van der Waals surface area contributed by atoms with E-state index < -0.39 is 11.9 Å². The lowest BCUT2D eigenvalue weighted by molar-refractivity contribution is 0.0601. The van der Waals surface area contributed by atoms with E-state index in [1.165, 1.54) is 13.3 Å². The zero-order valence-electron chi connectivity index (χ0n) is 14.8. The highest BCUT2D eigenvalue weighted by Gasteiger charge is 2.16. The molecule has 1 aromatic heterocycles. The van der Waals surface area contributed by atoms with Crippen LogP contribution >= 0.6 is 11.6 Å². The zero-order chi connectivity index (χ0) is 20.1. The molecule has 1 heterocycles. The smallest absolute Gasteiger partial charge is 0.338 e. The van der Waals surface area contributed by atoms with Crippen molar-refractivity contribution in [3.8, 4) is 11.3 Å². The number of nitrogens with two attached hydrogens (primary N) is 1. The van der Waals surface area contributed by atoms with Gasteiger partial charge in [-0.15, -0.1) is 0 Å². The van der Waals surface area contributed by atoms with Gasteiger partial charge in [0.05, 0.1) is 24.5 Å². The highest BCUT2D eigenvalue weighted by molar-refractivity contribution is 6.31. The Balaban J connectivity index is 1.77. The van der Waals surface area contributed by atoms with Gasteiger partial charge in [0.25, 0.3) is 5.91 Å². The molecule has 3 rings (SSSR count). The van der Waals surface area contributed by atoms with Crippen LogP contribution in [0, 0.1) is 0 Å². The van der Waals surface area contributed by atoms with E-state index in [1.807, 2.05) is 0 Å². The fraction of sp³-hybridized carbons (Fsp3) is 0.0500. The van der Waals surface area contributed by atoms with Gasteiger partial charge in [0, 0.05) is 16.3 Å². The van der Waals surface area contributed by atoms with Crippen molar-refractivity contribution in [2.45, 2.75) is 0 Å². The lowest BCUT2D eigenvalue weighted by atomic mass is 10.1. The van der Waals surface area contributed by atoms with Gasteiger partial charge in [0.1, 0.15) is 11.5 Å². The second-order valence-electron chi connectivity index (χ2n) is 5.67. The molecule has 0 spiro atoms. The van der Waals surface area contributed by atoms with Gasteiger partial charge >= 0.3 is 5.97 Å². The summed E-state index contributed by atoms with van der Waals surface area (Å²) in [6.07, 6.45) is 1.34. The fourth-order valence-electron chi connectivity index (χ4n) is 2.49. The lowest BCUT2D eigenvalue weighted by Gasteiger charge is -2.06. The molecule has 0 saturated carbocycles. The van der Waals surface area contributed by atoms with Gasteiger partial charge in [0.2, 0.25) is 0 Å². The van der Waals surface area contributed by atoms with E-state index in [4.69, 9.17) is 26.5 Å². The molecule has 0 fully saturated rings. The molecule has 3 aromatic rings. The normalized spacial score (nSPS) is 10.8. The van der Waals surface area contributed by atoms with Gasteiger partial charge in [-0.3, -0.25) is 4.79 Å². The van der Waals surface area contributed by atoms with Gasteiger partial charge in [-0.05, 0) is 42.5 Å². The Bertz CT molecular complexity index is 1060. The number of amides is 1. The summed E-state index contributed by atoms with van der Waals surface area (Å²) in [5, 5.41) is 4.31. The number of carbonyl (C=O) groups is 2. The summed E-state index contributed by atoms with van der Waals surface area (Å²) in [4.78, 5) is 24.0. The van der Waals surface area contributed by atoms with Gasteiger partial charge in [-0.2, -0.15) is 5.10 Å². The summed E-state index contributed by atoms with van der Waals surface area (Å²) in [6, 6.07) is 14.7. The average molecular weight is 398 g/mol. The van der Waals surface area contributed by atoms with Crippen LogP contribution in [-0.4, -0.2) is 25.2 Å². The molecule has 1 amide bonds. The SMILES string of the molecule is COC(=O)c1ccc(Cl)cc1-c1ccc(/C=N\NC(=O)c2ccccc2N)o1. The maximum atomic E-state index is 12.1. The topological polar surface area (TPSA) is 107 Å². The molecule has 0 bridgehead atoms. The number of hydrazone groups is 1. The first kappa shape index (κ1) is 19.2. The van der Waals surface area contributed by atoms with Crippen LogP contribution in [0.15, 0.2) is 64.1 Å². The van der Waals surface area contributed by atoms with E-state index in [1.54, 1.807) is 54.6 Å². The number of anilines is 1. The van der Waals surface area contributed by atoms with Crippen molar-refractivity contribution in [1.82, 2.24) is 5.43 Å². The van der Waals surface area contributed by atoms with E-state index in [-0.39, 0.29) is 0 Å². The lowest BCUT2D eigenvalue weighted by Crippen LogP contribution is -2.18. The Kier molecular flexibility index (Phi) is 5.76.